The van der Waals surface area contributed by atoms with E-state index in [0.29, 0.717) is 12.8 Å². The monoisotopic (exact) mass is 221 g/mol. The van der Waals surface area contributed by atoms with E-state index in [1.54, 1.807) is 6.07 Å². The van der Waals surface area contributed by atoms with Gasteiger partial charge in [0.1, 0.15) is 6.07 Å². The molecular formula is C11H8FNO3. The molecule has 0 aliphatic heterocycles. The van der Waals surface area contributed by atoms with Crippen LogP contribution in [0, 0.1) is 17.1 Å². The molecule has 4 nitrogen and oxygen atoms in total. The molecule has 1 aromatic rings. The minimum Gasteiger partial charge on any atom is -0.504 e. The third-order valence-electron chi connectivity index (χ3n) is 2.90. The molecule has 82 valence electrons. The van der Waals surface area contributed by atoms with Crippen LogP contribution < -0.4 is 0 Å². The van der Waals surface area contributed by atoms with Gasteiger partial charge in [-0.3, -0.25) is 4.79 Å². The van der Waals surface area contributed by atoms with Crippen LogP contribution in [0.4, 0.5) is 4.39 Å². The van der Waals surface area contributed by atoms with Crippen LogP contribution in [0.2, 0.25) is 0 Å². The van der Waals surface area contributed by atoms with Crippen LogP contribution in [0.3, 0.4) is 0 Å². The largest absolute Gasteiger partial charge is 0.504 e. The standard InChI is InChI=1S/C11H8FNO3/c12-8-4-7(3-6(5-13)9(8)14)11(1-2-11)10(15)16/h3-4,14H,1-2H2,(H,15,16). The average Bonchev–Trinajstić information content (AvgIpc) is 3.02. The first-order valence-electron chi connectivity index (χ1n) is 4.68. The van der Waals surface area contributed by atoms with E-state index < -0.39 is 23.0 Å². The molecule has 16 heavy (non-hydrogen) atoms. The maximum atomic E-state index is 13.3. The number of phenolic OH excluding ortho intramolecular Hbond substituents is 1. The van der Waals surface area contributed by atoms with E-state index in [4.69, 9.17) is 10.4 Å². The van der Waals surface area contributed by atoms with Gasteiger partial charge in [-0.05, 0) is 30.5 Å². The highest BCUT2D eigenvalue weighted by molar-refractivity contribution is 5.85. The molecule has 0 aromatic heterocycles. The second-order valence-corrected chi connectivity index (χ2v) is 3.85. The van der Waals surface area contributed by atoms with Crippen molar-refractivity contribution in [2.45, 2.75) is 18.3 Å². The lowest BCUT2D eigenvalue weighted by molar-refractivity contribution is -0.140. The molecule has 0 heterocycles. The summed E-state index contributed by atoms with van der Waals surface area (Å²) < 4.78 is 13.3. The van der Waals surface area contributed by atoms with E-state index in [9.17, 15) is 14.3 Å². The van der Waals surface area contributed by atoms with Crippen molar-refractivity contribution in [3.63, 3.8) is 0 Å². The summed E-state index contributed by atoms with van der Waals surface area (Å²) in [5.41, 5.74) is -1.06. The zero-order valence-corrected chi connectivity index (χ0v) is 8.20. The van der Waals surface area contributed by atoms with E-state index in [1.807, 2.05) is 0 Å². The molecule has 0 atom stereocenters. The number of hydrogen-bond donors (Lipinski definition) is 2. The van der Waals surface area contributed by atoms with Crippen molar-refractivity contribution < 1.29 is 19.4 Å². The normalized spacial score (nSPS) is 16.5. The molecule has 0 amide bonds. The number of aromatic hydroxyl groups is 1. The third-order valence-corrected chi connectivity index (χ3v) is 2.90. The first-order valence-corrected chi connectivity index (χ1v) is 4.68. The molecule has 1 saturated carbocycles. The van der Waals surface area contributed by atoms with E-state index in [-0.39, 0.29) is 11.1 Å². The van der Waals surface area contributed by atoms with Gasteiger partial charge in [0.25, 0.3) is 0 Å². The summed E-state index contributed by atoms with van der Waals surface area (Å²) in [4.78, 5) is 11.0. The first-order chi connectivity index (χ1) is 7.51. The van der Waals surface area contributed by atoms with Crippen LogP contribution in [-0.2, 0) is 10.2 Å². The Morgan fingerprint density at radius 1 is 1.50 bits per heavy atom. The van der Waals surface area contributed by atoms with Crippen LogP contribution in [-0.4, -0.2) is 16.2 Å². The maximum absolute atomic E-state index is 13.3. The molecular weight excluding hydrogens is 213 g/mol. The molecule has 0 saturated heterocycles. The smallest absolute Gasteiger partial charge is 0.314 e. The average molecular weight is 221 g/mol. The molecule has 1 aliphatic rings. The predicted octanol–water partition coefficient (Wildman–Crippen LogP) is 1.52. The lowest BCUT2D eigenvalue weighted by atomic mass is 9.94. The Bertz CT molecular complexity index is 515. The van der Waals surface area contributed by atoms with Crippen molar-refractivity contribution in [3.05, 3.63) is 29.1 Å². The lowest BCUT2D eigenvalue weighted by Crippen LogP contribution is -2.19. The van der Waals surface area contributed by atoms with Crippen LogP contribution in [0.1, 0.15) is 24.0 Å². The first kappa shape index (κ1) is 10.4. The molecule has 1 aliphatic carbocycles. The van der Waals surface area contributed by atoms with Crippen molar-refractivity contribution in [1.82, 2.24) is 0 Å². The van der Waals surface area contributed by atoms with Crippen molar-refractivity contribution in [2.24, 2.45) is 0 Å². The van der Waals surface area contributed by atoms with Gasteiger partial charge < -0.3 is 10.2 Å². The number of rotatable bonds is 2. The Balaban J connectivity index is 2.57. The minimum atomic E-state index is -1.07. The highest BCUT2D eigenvalue weighted by atomic mass is 19.1. The number of phenols is 1. The van der Waals surface area contributed by atoms with Crippen molar-refractivity contribution in [1.29, 1.82) is 5.26 Å². The van der Waals surface area contributed by atoms with Gasteiger partial charge in [0.15, 0.2) is 11.6 Å². The molecule has 5 heteroatoms. The number of benzene rings is 1. The van der Waals surface area contributed by atoms with E-state index >= 15 is 0 Å². The number of carboxylic acids is 1. The zero-order valence-electron chi connectivity index (χ0n) is 8.20. The second kappa shape index (κ2) is 3.20. The molecule has 2 N–H and O–H groups in total. The van der Waals surface area contributed by atoms with E-state index in [1.165, 1.54) is 6.07 Å². The highest BCUT2D eigenvalue weighted by Gasteiger charge is 2.52. The summed E-state index contributed by atoms with van der Waals surface area (Å²) in [5.74, 6) is -2.71. The number of carbonyl (C=O) groups is 1. The van der Waals surface area contributed by atoms with Gasteiger partial charge in [-0.25, -0.2) is 4.39 Å². The van der Waals surface area contributed by atoms with Crippen molar-refractivity contribution in [2.75, 3.05) is 0 Å². The fraction of sp³-hybridized carbons (Fsp3) is 0.273. The quantitative estimate of drug-likeness (QED) is 0.793. The number of nitrogens with zero attached hydrogens (tertiary/aromatic N) is 1. The van der Waals surface area contributed by atoms with Crippen LogP contribution in [0.5, 0.6) is 5.75 Å². The van der Waals surface area contributed by atoms with Crippen LogP contribution >= 0.6 is 0 Å². The van der Waals surface area contributed by atoms with Gasteiger partial charge in [-0.15, -0.1) is 0 Å². The zero-order chi connectivity index (χ0) is 11.9. The van der Waals surface area contributed by atoms with Gasteiger partial charge in [-0.2, -0.15) is 5.26 Å². The number of nitriles is 1. The molecule has 0 spiro atoms. The minimum absolute atomic E-state index is 0.234. The summed E-state index contributed by atoms with van der Waals surface area (Å²) in [6.45, 7) is 0. The summed E-state index contributed by atoms with van der Waals surface area (Å²) in [5, 5.41) is 26.9. The van der Waals surface area contributed by atoms with Crippen LogP contribution in [0.15, 0.2) is 12.1 Å². The van der Waals surface area contributed by atoms with E-state index in [0.717, 1.165) is 6.07 Å². The summed E-state index contributed by atoms with van der Waals surface area (Å²) >= 11 is 0. The topological polar surface area (TPSA) is 81.3 Å². The lowest BCUT2D eigenvalue weighted by Gasteiger charge is -2.11. The van der Waals surface area contributed by atoms with Gasteiger partial charge in [0, 0.05) is 0 Å². The number of halogens is 1. The molecule has 0 radical (unpaired) electrons. The maximum Gasteiger partial charge on any atom is 0.314 e. The molecule has 0 unspecified atom stereocenters. The molecule has 1 fully saturated rings. The number of aliphatic carboxylic acids is 1. The number of hydrogen-bond acceptors (Lipinski definition) is 3. The fourth-order valence-electron chi connectivity index (χ4n) is 1.71. The van der Waals surface area contributed by atoms with Crippen molar-refractivity contribution in [3.8, 4) is 11.8 Å². The summed E-state index contributed by atoms with van der Waals surface area (Å²) in [6, 6.07) is 3.85. The second-order valence-electron chi connectivity index (χ2n) is 3.85. The fourth-order valence-corrected chi connectivity index (χ4v) is 1.71. The van der Waals surface area contributed by atoms with Crippen molar-refractivity contribution >= 4 is 5.97 Å². The Kier molecular flexibility index (Phi) is 2.09. The Morgan fingerprint density at radius 2 is 2.12 bits per heavy atom. The highest BCUT2D eigenvalue weighted by Crippen LogP contribution is 2.49. The van der Waals surface area contributed by atoms with Gasteiger partial charge >= 0.3 is 5.97 Å². The summed E-state index contributed by atoms with van der Waals surface area (Å²) in [7, 11) is 0. The Hall–Kier alpha value is -2.09. The van der Waals surface area contributed by atoms with Gasteiger partial charge in [-0.1, -0.05) is 0 Å². The molecule has 0 bridgehead atoms. The summed E-state index contributed by atoms with van der Waals surface area (Å²) in [6.07, 6.45) is 0.856. The Labute approximate surface area is 90.6 Å². The van der Waals surface area contributed by atoms with Gasteiger partial charge in [0.2, 0.25) is 0 Å². The Morgan fingerprint density at radius 3 is 2.56 bits per heavy atom. The number of carboxylic acid groups (broad SMARTS) is 1. The van der Waals surface area contributed by atoms with E-state index in [2.05, 4.69) is 0 Å². The SMILES string of the molecule is N#Cc1cc(C2(C(=O)O)CC2)cc(F)c1O. The molecule has 1 aromatic carbocycles. The third kappa shape index (κ3) is 1.31. The van der Waals surface area contributed by atoms with Crippen LogP contribution in [0.25, 0.3) is 0 Å². The van der Waals surface area contributed by atoms with Gasteiger partial charge in [0.05, 0.1) is 11.0 Å². The molecule has 2 rings (SSSR count). The predicted molar refractivity (Wildman–Crippen MR) is 51.3 cm³/mol.